The summed E-state index contributed by atoms with van der Waals surface area (Å²) in [5.41, 5.74) is 2.41. The second-order valence-electron chi connectivity index (χ2n) is 6.00. The van der Waals surface area contributed by atoms with Gasteiger partial charge in [-0.1, -0.05) is 59.5 Å². The largest absolute Gasteiger partial charge is 0.472 e. The van der Waals surface area contributed by atoms with Crippen molar-refractivity contribution < 1.29 is 4.74 Å². The van der Waals surface area contributed by atoms with Crippen LogP contribution in [0.2, 0.25) is 0 Å². The van der Waals surface area contributed by atoms with Crippen molar-refractivity contribution in [1.29, 1.82) is 0 Å². The molecule has 3 rings (SSSR count). The third-order valence-electron chi connectivity index (χ3n) is 4.48. The lowest BCUT2D eigenvalue weighted by molar-refractivity contribution is 0.104. The van der Waals surface area contributed by atoms with Gasteiger partial charge in [-0.05, 0) is 37.8 Å². The van der Waals surface area contributed by atoms with E-state index in [0.717, 1.165) is 15.9 Å². The Morgan fingerprint density at radius 1 is 1.15 bits per heavy atom. The zero-order valence-corrected chi connectivity index (χ0v) is 14.2. The minimum Gasteiger partial charge on any atom is -0.472 e. The van der Waals surface area contributed by atoms with Gasteiger partial charge in [0, 0.05) is 9.99 Å². The Hall–Kier alpha value is -0.580. The van der Waals surface area contributed by atoms with Crippen molar-refractivity contribution in [1.82, 2.24) is 0 Å². The van der Waals surface area contributed by atoms with Gasteiger partial charge >= 0.3 is 0 Å². The number of halogens is 1. The van der Waals surface area contributed by atoms with E-state index in [2.05, 4.69) is 53.8 Å². The van der Waals surface area contributed by atoms with E-state index in [4.69, 9.17) is 9.73 Å². The lowest BCUT2D eigenvalue weighted by Gasteiger charge is -2.29. The molecule has 2 atom stereocenters. The summed E-state index contributed by atoms with van der Waals surface area (Å²) < 4.78 is 7.33. The molecule has 1 heterocycles. The smallest absolute Gasteiger partial charge is 0.216 e. The summed E-state index contributed by atoms with van der Waals surface area (Å²) in [4.78, 5) is 4.85. The van der Waals surface area contributed by atoms with Crippen LogP contribution < -0.4 is 0 Å². The topological polar surface area (TPSA) is 21.6 Å². The number of ether oxygens (including phenoxy) is 1. The third-order valence-corrected chi connectivity index (χ3v) is 5.38. The molecule has 2 aliphatic rings. The van der Waals surface area contributed by atoms with Crippen LogP contribution in [0, 0.1) is 12.8 Å². The van der Waals surface area contributed by atoms with Crippen molar-refractivity contribution in [2.75, 3.05) is 4.43 Å². The van der Waals surface area contributed by atoms with Gasteiger partial charge in [-0.25, -0.2) is 4.99 Å². The van der Waals surface area contributed by atoms with Crippen molar-refractivity contribution in [3.8, 4) is 0 Å². The predicted octanol–water partition coefficient (Wildman–Crippen LogP) is 4.52. The summed E-state index contributed by atoms with van der Waals surface area (Å²) in [5.74, 6) is 1.57. The fraction of sp³-hybridized carbons (Fsp3) is 0.588. The highest BCUT2D eigenvalue weighted by molar-refractivity contribution is 14.1. The van der Waals surface area contributed by atoms with Gasteiger partial charge in [0.1, 0.15) is 6.10 Å². The Labute approximate surface area is 135 Å². The number of rotatable bonds is 3. The molecule has 0 radical (unpaired) electrons. The highest BCUT2D eigenvalue weighted by atomic mass is 127. The number of nitrogens with zero attached hydrogens (tertiary/aromatic N) is 1. The summed E-state index contributed by atoms with van der Waals surface area (Å²) in [6, 6.07) is 8.86. The van der Waals surface area contributed by atoms with Crippen LogP contribution in [0.25, 0.3) is 0 Å². The molecular weight excluding hydrogens is 361 g/mol. The number of benzene rings is 1. The number of aliphatic imine (C=N–C) groups is 1. The van der Waals surface area contributed by atoms with Crippen LogP contribution in [0.15, 0.2) is 29.3 Å². The molecule has 1 aliphatic heterocycles. The molecule has 0 aromatic heterocycles. The minimum atomic E-state index is 0.309. The number of alkyl halides is 1. The Morgan fingerprint density at radius 3 is 2.50 bits per heavy atom. The molecule has 1 saturated carbocycles. The van der Waals surface area contributed by atoms with Crippen LogP contribution in [-0.4, -0.2) is 22.5 Å². The van der Waals surface area contributed by atoms with Gasteiger partial charge in [0.05, 0.1) is 6.04 Å². The van der Waals surface area contributed by atoms with Crippen molar-refractivity contribution in [2.24, 2.45) is 10.9 Å². The molecule has 3 heteroatoms. The molecule has 0 spiro atoms. The SMILES string of the molecule is Cc1ccc(C2=NC(CI)C(C3CCCCC3)O2)cc1. The Morgan fingerprint density at radius 2 is 1.85 bits per heavy atom. The molecule has 2 nitrogen and oxygen atoms in total. The first-order valence-electron chi connectivity index (χ1n) is 7.65. The lowest BCUT2D eigenvalue weighted by Crippen LogP contribution is -2.33. The molecule has 0 N–H and O–H groups in total. The van der Waals surface area contributed by atoms with E-state index < -0.39 is 0 Å². The van der Waals surface area contributed by atoms with E-state index in [0.29, 0.717) is 18.1 Å². The monoisotopic (exact) mass is 383 g/mol. The summed E-state index contributed by atoms with van der Waals surface area (Å²) in [6.07, 6.45) is 7.05. The van der Waals surface area contributed by atoms with Gasteiger partial charge < -0.3 is 4.74 Å². The van der Waals surface area contributed by atoms with Gasteiger partial charge in [0.15, 0.2) is 0 Å². The van der Waals surface area contributed by atoms with Crippen molar-refractivity contribution in [3.63, 3.8) is 0 Å². The summed E-state index contributed by atoms with van der Waals surface area (Å²) in [6.45, 7) is 2.11. The third kappa shape index (κ3) is 3.02. The van der Waals surface area contributed by atoms with Crippen LogP contribution >= 0.6 is 22.6 Å². The fourth-order valence-electron chi connectivity index (χ4n) is 3.30. The molecule has 108 valence electrons. The Bertz CT molecular complexity index is 476. The van der Waals surface area contributed by atoms with Gasteiger partial charge in [0.25, 0.3) is 0 Å². The van der Waals surface area contributed by atoms with E-state index in [9.17, 15) is 0 Å². The predicted molar refractivity (Wildman–Crippen MR) is 91.8 cm³/mol. The van der Waals surface area contributed by atoms with Gasteiger partial charge in [-0.3, -0.25) is 0 Å². The lowest BCUT2D eigenvalue weighted by atomic mass is 9.83. The van der Waals surface area contributed by atoms with Crippen molar-refractivity contribution in [3.05, 3.63) is 35.4 Å². The Balaban J connectivity index is 1.76. The van der Waals surface area contributed by atoms with Crippen LogP contribution in [0.3, 0.4) is 0 Å². The molecule has 1 aliphatic carbocycles. The maximum Gasteiger partial charge on any atom is 0.216 e. The number of aryl methyl sites for hydroxylation is 1. The second-order valence-corrected chi connectivity index (χ2v) is 6.88. The molecule has 0 bridgehead atoms. The van der Waals surface area contributed by atoms with Gasteiger partial charge in [-0.2, -0.15) is 0 Å². The number of hydrogen-bond donors (Lipinski definition) is 0. The van der Waals surface area contributed by atoms with Crippen LogP contribution in [0.5, 0.6) is 0 Å². The molecule has 2 unspecified atom stereocenters. The van der Waals surface area contributed by atoms with E-state index >= 15 is 0 Å². The van der Waals surface area contributed by atoms with E-state index in [1.54, 1.807) is 0 Å². The average molecular weight is 383 g/mol. The zero-order valence-electron chi connectivity index (χ0n) is 12.0. The molecule has 1 aromatic carbocycles. The second kappa shape index (κ2) is 6.46. The highest BCUT2D eigenvalue weighted by Crippen LogP contribution is 2.34. The van der Waals surface area contributed by atoms with Crippen molar-refractivity contribution in [2.45, 2.75) is 51.2 Å². The normalized spacial score (nSPS) is 27.2. The first kappa shape index (κ1) is 14.4. The average Bonchev–Trinajstić information content (AvgIpc) is 2.93. The molecule has 1 fully saturated rings. The summed E-state index contributed by atoms with van der Waals surface area (Å²) in [5, 5.41) is 0. The van der Waals surface area contributed by atoms with E-state index in [1.165, 1.54) is 37.7 Å². The highest BCUT2D eigenvalue weighted by Gasteiger charge is 2.37. The molecule has 20 heavy (non-hydrogen) atoms. The Kier molecular flexibility index (Phi) is 4.64. The van der Waals surface area contributed by atoms with Gasteiger partial charge in [-0.15, -0.1) is 0 Å². The van der Waals surface area contributed by atoms with Crippen LogP contribution in [0.1, 0.15) is 43.2 Å². The first-order chi connectivity index (χ1) is 9.78. The van der Waals surface area contributed by atoms with Crippen LogP contribution in [-0.2, 0) is 4.74 Å². The standard InChI is InChI=1S/C17H22INO/c1-12-7-9-14(10-8-12)17-19-15(11-18)16(20-17)13-5-3-2-4-6-13/h7-10,13,15-16H,2-6,11H2,1H3. The summed E-state index contributed by atoms with van der Waals surface area (Å²) >= 11 is 2.45. The first-order valence-corrected chi connectivity index (χ1v) is 9.18. The quantitative estimate of drug-likeness (QED) is 0.556. The molecule has 1 aromatic rings. The van der Waals surface area contributed by atoms with Crippen molar-refractivity contribution >= 4 is 28.5 Å². The number of hydrogen-bond acceptors (Lipinski definition) is 2. The maximum absolute atomic E-state index is 6.28. The zero-order chi connectivity index (χ0) is 13.9. The van der Waals surface area contributed by atoms with Crippen LogP contribution in [0.4, 0.5) is 0 Å². The fourth-order valence-corrected chi connectivity index (χ4v) is 3.99. The molecule has 0 amide bonds. The molecule has 0 saturated heterocycles. The minimum absolute atomic E-state index is 0.309. The summed E-state index contributed by atoms with van der Waals surface area (Å²) in [7, 11) is 0. The van der Waals surface area contributed by atoms with E-state index in [1.807, 2.05) is 0 Å². The maximum atomic E-state index is 6.28. The molecular formula is C17H22INO. The van der Waals surface area contributed by atoms with E-state index in [-0.39, 0.29) is 0 Å². The van der Waals surface area contributed by atoms with Gasteiger partial charge in [0.2, 0.25) is 5.90 Å².